The largest absolute Gasteiger partial charge is 0.377 e. The monoisotopic (exact) mass is 279 g/mol. The van der Waals surface area contributed by atoms with Crippen molar-refractivity contribution >= 4 is 5.91 Å². The second kappa shape index (κ2) is 15.3. The molecule has 2 N–H and O–H groups in total. The van der Waals surface area contributed by atoms with E-state index in [-0.39, 0.29) is 19.1 Å². The van der Waals surface area contributed by atoms with Crippen LogP contribution in [0.5, 0.6) is 0 Å². The summed E-state index contributed by atoms with van der Waals surface area (Å²) < 4.78 is 15.4. The van der Waals surface area contributed by atoms with E-state index in [4.69, 9.17) is 19.5 Å². The van der Waals surface area contributed by atoms with Crippen LogP contribution in [0.25, 0.3) is 0 Å². The van der Waals surface area contributed by atoms with Crippen molar-refractivity contribution in [3.8, 4) is 0 Å². The second-order valence-electron chi connectivity index (χ2n) is 3.81. The number of hydrogen-bond donors (Lipinski definition) is 2. The molecule has 0 aliphatic rings. The Labute approximate surface area is 114 Å². The molecule has 0 rings (SSSR count). The van der Waals surface area contributed by atoms with Gasteiger partial charge >= 0.3 is 0 Å². The summed E-state index contributed by atoms with van der Waals surface area (Å²) >= 11 is 0. The molecule has 0 spiro atoms. The maximum absolute atomic E-state index is 11.2. The number of hydrogen-bond acceptors (Lipinski definition) is 6. The van der Waals surface area contributed by atoms with Gasteiger partial charge in [-0.2, -0.15) is 0 Å². The van der Waals surface area contributed by atoms with Crippen LogP contribution in [0.4, 0.5) is 0 Å². The van der Waals surface area contributed by atoms with Gasteiger partial charge in [0.2, 0.25) is 5.91 Å². The average molecular weight is 279 g/mol. The molecule has 0 unspecified atom stereocenters. The molecule has 0 aromatic rings. The molecular weight excluding hydrogens is 254 g/mol. The fourth-order valence-electron chi connectivity index (χ4n) is 1.16. The quantitative estimate of drug-likeness (QED) is 0.273. The van der Waals surface area contributed by atoms with E-state index in [2.05, 4.69) is 17.1 Å². The molecule has 114 valence electrons. The van der Waals surface area contributed by atoms with Gasteiger partial charge < -0.3 is 19.5 Å². The standard InChI is InChI=1S/C12H25NO6/c1-2-3-4-13-12(14)11-18-8-7-16-5-6-17-9-10-19-15/h15H,2-11H2,1H3,(H,13,14). The van der Waals surface area contributed by atoms with Crippen LogP contribution in [0.1, 0.15) is 19.8 Å². The number of rotatable bonds is 14. The number of nitrogens with one attached hydrogen (secondary N) is 1. The topological polar surface area (TPSA) is 86.3 Å². The number of carbonyl (C=O) groups excluding carboxylic acids is 1. The number of unbranched alkanes of at least 4 members (excludes halogenated alkanes) is 1. The zero-order valence-corrected chi connectivity index (χ0v) is 11.6. The Kier molecular flexibility index (Phi) is 14.7. The molecule has 0 heterocycles. The first kappa shape index (κ1) is 18.3. The predicted molar refractivity (Wildman–Crippen MR) is 69.0 cm³/mol. The summed E-state index contributed by atoms with van der Waals surface area (Å²) in [7, 11) is 0. The molecule has 1 amide bonds. The smallest absolute Gasteiger partial charge is 0.245 e. The highest BCUT2D eigenvalue weighted by molar-refractivity contribution is 5.77. The van der Waals surface area contributed by atoms with E-state index in [0.717, 1.165) is 12.8 Å². The third-order valence-corrected chi connectivity index (χ3v) is 2.15. The van der Waals surface area contributed by atoms with Gasteiger partial charge in [0.15, 0.2) is 0 Å². The van der Waals surface area contributed by atoms with Crippen molar-refractivity contribution in [3.63, 3.8) is 0 Å². The molecule has 0 radical (unpaired) electrons. The second-order valence-corrected chi connectivity index (χ2v) is 3.81. The highest BCUT2D eigenvalue weighted by Crippen LogP contribution is 1.84. The first-order valence-corrected chi connectivity index (χ1v) is 6.57. The molecule has 7 heteroatoms. The predicted octanol–water partition coefficient (Wildman–Crippen LogP) is 0.442. The van der Waals surface area contributed by atoms with Crippen molar-refractivity contribution in [2.45, 2.75) is 19.8 Å². The van der Waals surface area contributed by atoms with E-state index in [1.54, 1.807) is 0 Å². The molecule has 0 aliphatic heterocycles. The van der Waals surface area contributed by atoms with Crippen LogP contribution in [0.3, 0.4) is 0 Å². The van der Waals surface area contributed by atoms with Gasteiger partial charge in [0, 0.05) is 6.54 Å². The summed E-state index contributed by atoms with van der Waals surface area (Å²) in [6.45, 7) is 4.98. The van der Waals surface area contributed by atoms with Crippen molar-refractivity contribution in [2.75, 3.05) is 52.8 Å². The first-order valence-electron chi connectivity index (χ1n) is 6.57. The molecule has 0 saturated carbocycles. The van der Waals surface area contributed by atoms with Crippen molar-refractivity contribution in [2.24, 2.45) is 0 Å². The molecular formula is C12H25NO6. The average Bonchev–Trinajstić information content (AvgIpc) is 2.41. The molecule has 0 bridgehead atoms. The van der Waals surface area contributed by atoms with Crippen LogP contribution >= 0.6 is 0 Å². The lowest BCUT2D eigenvalue weighted by Gasteiger charge is -2.07. The van der Waals surface area contributed by atoms with Crippen LogP contribution in [-0.2, 0) is 23.9 Å². The van der Waals surface area contributed by atoms with E-state index < -0.39 is 0 Å². The molecule has 0 aromatic heterocycles. The zero-order chi connectivity index (χ0) is 14.2. The third-order valence-electron chi connectivity index (χ3n) is 2.15. The van der Waals surface area contributed by atoms with Gasteiger partial charge in [-0.3, -0.25) is 10.1 Å². The molecule has 19 heavy (non-hydrogen) atoms. The molecule has 0 aromatic carbocycles. The van der Waals surface area contributed by atoms with Crippen LogP contribution in [0.2, 0.25) is 0 Å². The van der Waals surface area contributed by atoms with Crippen molar-refractivity contribution < 1.29 is 29.1 Å². The first-order chi connectivity index (χ1) is 9.31. The van der Waals surface area contributed by atoms with Crippen LogP contribution in [0.15, 0.2) is 0 Å². The minimum absolute atomic E-state index is 0.0669. The fourth-order valence-corrected chi connectivity index (χ4v) is 1.16. The van der Waals surface area contributed by atoms with E-state index in [0.29, 0.717) is 39.6 Å². The van der Waals surface area contributed by atoms with Crippen LogP contribution in [-0.4, -0.2) is 64.0 Å². The summed E-state index contributed by atoms with van der Waals surface area (Å²) in [6, 6.07) is 0. The lowest BCUT2D eigenvalue weighted by Crippen LogP contribution is -2.29. The van der Waals surface area contributed by atoms with Gasteiger partial charge in [-0.15, -0.1) is 0 Å². The Balaban J connectivity index is 3.07. The Morgan fingerprint density at radius 1 is 1.00 bits per heavy atom. The molecule has 0 aliphatic carbocycles. The molecule has 0 atom stereocenters. The number of amides is 1. The fraction of sp³-hybridized carbons (Fsp3) is 0.917. The van der Waals surface area contributed by atoms with E-state index >= 15 is 0 Å². The Hall–Kier alpha value is -0.730. The SMILES string of the molecule is CCCCNC(=O)COCCOCCOCCOO. The normalized spacial score (nSPS) is 10.6. The Morgan fingerprint density at radius 3 is 2.16 bits per heavy atom. The van der Waals surface area contributed by atoms with Crippen LogP contribution < -0.4 is 5.32 Å². The summed E-state index contributed by atoms with van der Waals surface area (Å²) in [6.07, 6.45) is 2.04. The number of ether oxygens (including phenoxy) is 3. The Morgan fingerprint density at radius 2 is 1.58 bits per heavy atom. The zero-order valence-electron chi connectivity index (χ0n) is 11.6. The van der Waals surface area contributed by atoms with E-state index in [1.165, 1.54) is 0 Å². The van der Waals surface area contributed by atoms with Gasteiger partial charge in [-0.05, 0) is 6.42 Å². The Bertz CT molecular complexity index is 203. The maximum Gasteiger partial charge on any atom is 0.245 e. The lowest BCUT2D eigenvalue weighted by atomic mass is 10.3. The minimum Gasteiger partial charge on any atom is -0.377 e. The third kappa shape index (κ3) is 15.2. The molecule has 0 saturated heterocycles. The summed E-state index contributed by atoms with van der Waals surface area (Å²) in [4.78, 5) is 15.1. The van der Waals surface area contributed by atoms with E-state index in [1.807, 2.05) is 0 Å². The highest BCUT2D eigenvalue weighted by atomic mass is 17.1. The summed E-state index contributed by atoms with van der Waals surface area (Å²) in [5, 5.41) is 10.8. The van der Waals surface area contributed by atoms with Gasteiger partial charge in [0.25, 0.3) is 0 Å². The van der Waals surface area contributed by atoms with Gasteiger partial charge in [0.05, 0.1) is 33.0 Å². The lowest BCUT2D eigenvalue weighted by molar-refractivity contribution is -0.249. The summed E-state index contributed by atoms with van der Waals surface area (Å²) in [5.74, 6) is -0.0965. The summed E-state index contributed by atoms with van der Waals surface area (Å²) in [5.41, 5.74) is 0. The van der Waals surface area contributed by atoms with Crippen molar-refractivity contribution in [1.82, 2.24) is 5.32 Å². The van der Waals surface area contributed by atoms with Gasteiger partial charge in [-0.1, -0.05) is 13.3 Å². The van der Waals surface area contributed by atoms with Crippen molar-refractivity contribution in [1.29, 1.82) is 0 Å². The number of carbonyl (C=O) groups is 1. The maximum atomic E-state index is 11.2. The minimum atomic E-state index is -0.0965. The van der Waals surface area contributed by atoms with Crippen molar-refractivity contribution in [3.05, 3.63) is 0 Å². The van der Waals surface area contributed by atoms with Crippen LogP contribution in [0, 0.1) is 0 Å². The molecule has 7 nitrogen and oxygen atoms in total. The van der Waals surface area contributed by atoms with Gasteiger partial charge in [-0.25, -0.2) is 4.89 Å². The van der Waals surface area contributed by atoms with E-state index in [9.17, 15) is 4.79 Å². The van der Waals surface area contributed by atoms with Gasteiger partial charge in [0.1, 0.15) is 13.2 Å². The molecule has 0 fully saturated rings. The highest BCUT2D eigenvalue weighted by Gasteiger charge is 1.99.